The topological polar surface area (TPSA) is 74.5 Å². The van der Waals surface area contributed by atoms with E-state index in [0.717, 1.165) is 6.42 Å². The highest BCUT2D eigenvalue weighted by molar-refractivity contribution is 7.11. The van der Waals surface area contributed by atoms with Crippen molar-refractivity contribution in [2.24, 2.45) is 0 Å². The summed E-state index contributed by atoms with van der Waals surface area (Å²) in [5.41, 5.74) is 0. The fourth-order valence-corrected chi connectivity index (χ4v) is 3.45. The van der Waals surface area contributed by atoms with Gasteiger partial charge in [0.05, 0.1) is 6.26 Å². The summed E-state index contributed by atoms with van der Waals surface area (Å²) in [6, 6.07) is 7.31. The van der Waals surface area contributed by atoms with Gasteiger partial charge in [0.25, 0.3) is 0 Å². The number of nitrogens with one attached hydrogen (secondary N) is 2. The van der Waals surface area contributed by atoms with Crippen LogP contribution >= 0.6 is 11.3 Å². The zero-order chi connectivity index (χ0) is 16.8. The van der Waals surface area contributed by atoms with Crippen molar-refractivity contribution in [2.75, 3.05) is 0 Å². The van der Waals surface area contributed by atoms with E-state index in [1.54, 1.807) is 23.5 Å². The van der Waals surface area contributed by atoms with Crippen LogP contribution in [0.25, 0.3) is 0 Å². The molecule has 3 atom stereocenters. The van der Waals surface area contributed by atoms with Crippen molar-refractivity contribution in [3.8, 4) is 0 Å². The molecule has 0 unspecified atom stereocenters. The highest BCUT2D eigenvalue weighted by atomic mass is 32.1. The summed E-state index contributed by atoms with van der Waals surface area (Å²) >= 11 is 1.75. The van der Waals surface area contributed by atoms with Crippen molar-refractivity contribution in [1.29, 1.82) is 0 Å². The van der Waals surface area contributed by atoms with E-state index in [0.29, 0.717) is 12.2 Å². The molecule has 0 saturated carbocycles. The van der Waals surface area contributed by atoms with Crippen LogP contribution in [-0.4, -0.2) is 23.2 Å². The quantitative estimate of drug-likeness (QED) is 0.725. The average molecular weight is 336 g/mol. The number of carbonyl (C=O) groups is 1. The van der Waals surface area contributed by atoms with Crippen LogP contribution in [0.3, 0.4) is 0 Å². The van der Waals surface area contributed by atoms with Gasteiger partial charge in [-0.15, -0.1) is 11.3 Å². The lowest BCUT2D eigenvalue weighted by Crippen LogP contribution is -2.45. The summed E-state index contributed by atoms with van der Waals surface area (Å²) in [6.45, 7) is 5.92. The molecule has 0 saturated heterocycles. The van der Waals surface area contributed by atoms with Crippen LogP contribution in [0.4, 0.5) is 4.79 Å². The molecule has 2 heterocycles. The number of aliphatic hydroxyl groups is 1. The van der Waals surface area contributed by atoms with Gasteiger partial charge in [-0.25, -0.2) is 4.79 Å². The van der Waals surface area contributed by atoms with Gasteiger partial charge in [0.2, 0.25) is 0 Å². The fraction of sp³-hybridized carbons (Fsp3) is 0.471. The lowest BCUT2D eigenvalue weighted by Gasteiger charge is -2.19. The van der Waals surface area contributed by atoms with E-state index in [1.165, 1.54) is 16.0 Å². The van der Waals surface area contributed by atoms with Gasteiger partial charge in [-0.2, -0.15) is 0 Å². The minimum atomic E-state index is -0.716. The second-order valence-electron chi connectivity index (χ2n) is 5.90. The van der Waals surface area contributed by atoms with Crippen LogP contribution in [0, 0.1) is 6.92 Å². The van der Waals surface area contributed by atoms with E-state index in [4.69, 9.17) is 4.42 Å². The molecule has 126 valence electrons. The first kappa shape index (κ1) is 17.6. The molecule has 3 N–H and O–H groups in total. The molecule has 0 radical (unpaired) electrons. The van der Waals surface area contributed by atoms with Crippen LogP contribution in [0.15, 0.2) is 34.9 Å². The van der Waals surface area contributed by atoms with Gasteiger partial charge in [0, 0.05) is 34.7 Å². The van der Waals surface area contributed by atoms with E-state index in [9.17, 15) is 9.90 Å². The Balaban J connectivity index is 1.72. The number of aryl methyl sites for hydroxylation is 1. The number of thiophene rings is 1. The summed E-state index contributed by atoms with van der Waals surface area (Å²) in [5, 5.41) is 15.8. The Morgan fingerprint density at radius 1 is 1.26 bits per heavy atom. The van der Waals surface area contributed by atoms with E-state index in [1.807, 2.05) is 13.8 Å². The van der Waals surface area contributed by atoms with Gasteiger partial charge < -0.3 is 20.2 Å². The normalized spacial score (nSPS) is 15.0. The number of urea groups is 1. The minimum absolute atomic E-state index is 0.0512. The predicted octanol–water partition coefficient (Wildman–Crippen LogP) is 3.39. The molecule has 0 aliphatic carbocycles. The highest BCUT2D eigenvalue weighted by Gasteiger charge is 2.17. The number of rotatable bonds is 7. The number of carbonyl (C=O) groups excluding carboxylic acids is 1. The Kier molecular flexibility index (Phi) is 6.24. The molecule has 2 amide bonds. The van der Waals surface area contributed by atoms with E-state index < -0.39 is 6.10 Å². The zero-order valence-corrected chi connectivity index (χ0v) is 14.5. The lowest BCUT2D eigenvalue weighted by atomic mass is 10.1. The first-order valence-corrected chi connectivity index (χ1v) is 8.59. The molecule has 5 nitrogen and oxygen atoms in total. The molecule has 0 fully saturated rings. The molecule has 0 spiro atoms. The maximum Gasteiger partial charge on any atom is 0.315 e. The standard InChI is InChI=1S/C17H24N2O3S/c1-11(9-14-7-6-13(3)23-14)18-17(21)19-12(2)10-15(20)16-5-4-8-22-16/h4-8,11-12,15,20H,9-10H2,1-3H3,(H2,18,19,21)/t11-,12-,15+/m0/s1. The number of hydrogen-bond donors (Lipinski definition) is 3. The number of aliphatic hydroxyl groups excluding tert-OH is 1. The molecule has 6 heteroatoms. The SMILES string of the molecule is Cc1ccc(C[C@H](C)NC(=O)N[C@@H](C)C[C@@H](O)c2ccco2)s1. The van der Waals surface area contributed by atoms with Crippen molar-refractivity contribution < 1.29 is 14.3 Å². The molecule has 2 rings (SSSR count). The average Bonchev–Trinajstić information content (AvgIpc) is 3.09. The van der Waals surface area contributed by atoms with Crippen LogP contribution in [0.5, 0.6) is 0 Å². The van der Waals surface area contributed by atoms with Gasteiger partial charge in [-0.05, 0) is 45.0 Å². The molecule has 23 heavy (non-hydrogen) atoms. The number of hydrogen-bond acceptors (Lipinski definition) is 4. The van der Waals surface area contributed by atoms with Crippen LogP contribution < -0.4 is 10.6 Å². The molecule has 0 aromatic carbocycles. The van der Waals surface area contributed by atoms with Crippen molar-refractivity contribution in [2.45, 2.75) is 51.8 Å². The number of amides is 2. The Bertz CT molecular complexity index is 609. The van der Waals surface area contributed by atoms with Crippen LogP contribution in [0.1, 0.15) is 41.9 Å². The van der Waals surface area contributed by atoms with Gasteiger partial charge in [0.1, 0.15) is 11.9 Å². The highest BCUT2D eigenvalue weighted by Crippen LogP contribution is 2.18. The molecule has 0 bridgehead atoms. The van der Waals surface area contributed by atoms with Gasteiger partial charge in [-0.3, -0.25) is 0 Å². The van der Waals surface area contributed by atoms with Crippen molar-refractivity contribution in [3.05, 3.63) is 46.0 Å². The van der Waals surface area contributed by atoms with Crippen molar-refractivity contribution >= 4 is 17.4 Å². The van der Waals surface area contributed by atoms with Crippen molar-refractivity contribution in [1.82, 2.24) is 10.6 Å². The lowest BCUT2D eigenvalue weighted by molar-refractivity contribution is 0.129. The van der Waals surface area contributed by atoms with Gasteiger partial charge >= 0.3 is 6.03 Å². The third kappa shape index (κ3) is 5.73. The third-order valence-electron chi connectivity index (χ3n) is 3.51. The van der Waals surface area contributed by atoms with E-state index in [-0.39, 0.29) is 18.1 Å². The molecule has 2 aromatic heterocycles. The molecule has 0 aliphatic heterocycles. The summed E-state index contributed by atoms with van der Waals surface area (Å²) in [6.07, 6.45) is 2.03. The largest absolute Gasteiger partial charge is 0.467 e. The van der Waals surface area contributed by atoms with Gasteiger partial charge in [-0.1, -0.05) is 0 Å². The Morgan fingerprint density at radius 2 is 2.00 bits per heavy atom. The fourth-order valence-electron chi connectivity index (χ4n) is 2.43. The predicted molar refractivity (Wildman–Crippen MR) is 91.6 cm³/mol. The molecule has 2 aromatic rings. The Labute approximate surface area is 140 Å². The third-order valence-corrected chi connectivity index (χ3v) is 4.53. The van der Waals surface area contributed by atoms with Gasteiger partial charge in [0.15, 0.2) is 0 Å². The molecular formula is C17H24N2O3S. The monoisotopic (exact) mass is 336 g/mol. The second kappa shape index (κ2) is 8.17. The zero-order valence-electron chi connectivity index (χ0n) is 13.7. The van der Waals surface area contributed by atoms with E-state index >= 15 is 0 Å². The minimum Gasteiger partial charge on any atom is -0.467 e. The summed E-state index contributed by atoms with van der Waals surface area (Å²) in [7, 11) is 0. The molecule has 0 aliphatic rings. The van der Waals surface area contributed by atoms with Crippen LogP contribution in [0.2, 0.25) is 0 Å². The molecular weight excluding hydrogens is 312 g/mol. The first-order chi connectivity index (χ1) is 10.9. The summed E-state index contributed by atoms with van der Waals surface area (Å²) in [4.78, 5) is 14.5. The number of furan rings is 1. The van der Waals surface area contributed by atoms with Crippen molar-refractivity contribution in [3.63, 3.8) is 0 Å². The smallest absolute Gasteiger partial charge is 0.315 e. The maximum atomic E-state index is 12.0. The second-order valence-corrected chi connectivity index (χ2v) is 7.28. The summed E-state index contributed by atoms with van der Waals surface area (Å²) in [5.74, 6) is 0.514. The Morgan fingerprint density at radius 3 is 2.61 bits per heavy atom. The maximum absolute atomic E-state index is 12.0. The van der Waals surface area contributed by atoms with E-state index in [2.05, 4.69) is 29.7 Å². The van der Waals surface area contributed by atoms with Crippen LogP contribution in [-0.2, 0) is 6.42 Å². The first-order valence-electron chi connectivity index (χ1n) is 7.78. The summed E-state index contributed by atoms with van der Waals surface area (Å²) < 4.78 is 5.16. The Hall–Kier alpha value is -1.79.